The molecular weight excluding hydrogens is 450 g/mol. The van der Waals surface area contributed by atoms with Gasteiger partial charge < -0.3 is 25.3 Å². The number of nitrogens with zero attached hydrogens (tertiary/aromatic N) is 1. The van der Waals surface area contributed by atoms with Crippen molar-refractivity contribution in [2.45, 2.75) is 40.0 Å². The standard InChI is InChI=1S/C26H23N3O6/c1-10-22(32)20(12(3)30)24-21(23(10)33)26(5)18(35-24)9-17(31)19(25(26)34)11(2)27-14-6-7-15-16(8-14)29-13(4)28-15/h6-9,27,32-33H,1-5H3,(H,28,29)/b19-11+. The Kier molecular flexibility index (Phi) is 4.67. The van der Waals surface area contributed by atoms with Crippen molar-refractivity contribution in [3.63, 3.8) is 0 Å². The fraction of sp³-hybridized carbons (Fsp3) is 0.231. The molecule has 1 unspecified atom stereocenters. The van der Waals surface area contributed by atoms with Gasteiger partial charge in [-0.05, 0) is 52.8 Å². The number of phenols is 2. The number of ketones is 3. The molecule has 0 spiro atoms. The Labute approximate surface area is 200 Å². The van der Waals surface area contributed by atoms with Gasteiger partial charge >= 0.3 is 0 Å². The smallest absolute Gasteiger partial charge is 0.194 e. The molecule has 1 aromatic heterocycles. The van der Waals surface area contributed by atoms with Gasteiger partial charge in [0.05, 0.1) is 22.2 Å². The molecule has 9 nitrogen and oxygen atoms in total. The maximum atomic E-state index is 13.9. The lowest BCUT2D eigenvalue weighted by molar-refractivity contribution is -0.123. The van der Waals surface area contributed by atoms with Crippen molar-refractivity contribution >= 4 is 34.1 Å². The molecule has 2 aliphatic rings. The van der Waals surface area contributed by atoms with Crippen molar-refractivity contribution in [2.75, 3.05) is 5.32 Å². The molecule has 0 radical (unpaired) electrons. The number of imidazole rings is 1. The second-order valence-electron chi connectivity index (χ2n) is 9.07. The number of ether oxygens (including phenoxy) is 1. The summed E-state index contributed by atoms with van der Waals surface area (Å²) < 4.78 is 5.79. The van der Waals surface area contributed by atoms with E-state index in [2.05, 4.69) is 15.3 Å². The zero-order chi connectivity index (χ0) is 25.4. The van der Waals surface area contributed by atoms with Crippen molar-refractivity contribution < 1.29 is 29.3 Å². The maximum Gasteiger partial charge on any atom is 0.194 e. The van der Waals surface area contributed by atoms with Crippen LogP contribution in [-0.4, -0.2) is 37.5 Å². The Morgan fingerprint density at radius 1 is 1.14 bits per heavy atom. The van der Waals surface area contributed by atoms with Gasteiger partial charge in [-0.3, -0.25) is 14.4 Å². The van der Waals surface area contributed by atoms with Crippen LogP contribution in [-0.2, 0) is 15.0 Å². The molecule has 178 valence electrons. The summed E-state index contributed by atoms with van der Waals surface area (Å²) >= 11 is 0. The summed E-state index contributed by atoms with van der Waals surface area (Å²) in [5.74, 6) is -1.78. The number of aryl methyl sites for hydroxylation is 1. The zero-order valence-corrected chi connectivity index (χ0v) is 19.8. The molecule has 0 amide bonds. The number of nitrogens with one attached hydrogen (secondary N) is 2. The first-order valence-corrected chi connectivity index (χ1v) is 11.0. The quantitative estimate of drug-likeness (QED) is 0.255. The van der Waals surface area contributed by atoms with Crippen LogP contribution in [0.1, 0.15) is 48.1 Å². The van der Waals surface area contributed by atoms with Gasteiger partial charge in [0, 0.05) is 23.0 Å². The largest absolute Gasteiger partial charge is 0.507 e. The Morgan fingerprint density at radius 3 is 2.54 bits per heavy atom. The van der Waals surface area contributed by atoms with E-state index < -0.39 is 28.5 Å². The van der Waals surface area contributed by atoms with Crippen molar-refractivity contribution in [3.05, 3.63) is 63.8 Å². The number of hydrogen-bond donors (Lipinski definition) is 4. The molecule has 3 aromatic rings. The average molecular weight is 473 g/mol. The van der Waals surface area contributed by atoms with E-state index in [4.69, 9.17) is 4.74 Å². The molecule has 0 bridgehead atoms. The number of aromatic amines is 1. The predicted molar refractivity (Wildman–Crippen MR) is 128 cm³/mol. The van der Waals surface area contributed by atoms with E-state index in [0.717, 1.165) is 16.9 Å². The molecule has 1 atom stereocenters. The van der Waals surface area contributed by atoms with Crippen LogP contribution in [0.25, 0.3) is 11.0 Å². The number of aromatic nitrogens is 2. The highest BCUT2D eigenvalue weighted by Gasteiger charge is 2.56. The summed E-state index contributed by atoms with van der Waals surface area (Å²) in [5.41, 5.74) is 0.876. The van der Waals surface area contributed by atoms with Crippen LogP contribution in [0, 0.1) is 13.8 Å². The molecule has 35 heavy (non-hydrogen) atoms. The van der Waals surface area contributed by atoms with Crippen LogP contribution in [0.4, 0.5) is 5.69 Å². The highest BCUT2D eigenvalue weighted by Crippen LogP contribution is 2.57. The lowest BCUT2D eigenvalue weighted by Crippen LogP contribution is -2.40. The molecule has 0 saturated heterocycles. The van der Waals surface area contributed by atoms with Crippen molar-refractivity contribution in [2.24, 2.45) is 0 Å². The van der Waals surface area contributed by atoms with Gasteiger partial charge in [-0.15, -0.1) is 0 Å². The number of phenolic OH excluding ortho intramolecular Hbond substituents is 2. The maximum absolute atomic E-state index is 13.9. The van der Waals surface area contributed by atoms with E-state index in [1.165, 1.54) is 26.8 Å². The number of H-pyrrole nitrogens is 1. The molecule has 4 N–H and O–H groups in total. The van der Waals surface area contributed by atoms with Crippen LogP contribution >= 0.6 is 0 Å². The van der Waals surface area contributed by atoms with Gasteiger partial charge in [-0.25, -0.2) is 4.98 Å². The van der Waals surface area contributed by atoms with Gasteiger partial charge in [-0.1, -0.05) is 0 Å². The van der Waals surface area contributed by atoms with Crippen LogP contribution < -0.4 is 10.1 Å². The van der Waals surface area contributed by atoms with E-state index in [-0.39, 0.29) is 39.5 Å². The van der Waals surface area contributed by atoms with Crippen LogP contribution in [0.5, 0.6) is 17.2 Å². The predicted octanol–water partition coefficient (Wildman–Crippen LogP) is 3.87. The number of benzene rings is 2. The number of Topliss-reactive ketones (excluding diaryl/α,β-unsaturated/α-hetero) is 2. The van der Waals surface area contributed by atoms with Crippen LogP contribution in [0.2, 0.25) is 0 Å². The summed E-state index contributed by atoms with van der Waals surface area (Å²) in [7, 11) is 0. The fourth-order valence-corrected chi connectivity index (χ4v) is 4.86. The molecular formula is C26H23N3O6. The second kappa shape index (κ2) is 7.30. The van der Waals surface area contributed by atoms with Gasteiger partial charge in [0.2, 0.25) is 0 Å². The minimum Gasteiger partial charge on any atom is -0.507 e. The molecule has 2 heterocycles. The number of rotatable bonds is 3. The molecule has 9 heteroatoms. The second-order valence-corrected chi connectivity index (χ2v) is 9.07. The molecule has 1 aliphatic carbocycles. The number of hydrogen-bond acceptors (Lipinski definition) is 8. The summed E-state index contributed by atoms with van der Waals surface area (Å²) in [6, 6.07) is 5.43. The first-order valence-electron chi connectivity index (χ1n) is 11.0. The Balaban J connectivity index is 1.65. The molecule has 2 aromatic carbocycles. The Morgan fingerprint density at radius 2 is 1.86 bits per heavy atom. The summed E-state index contributed by atoms with van der Waals surface area (Å²) in [6.45, 7) is 7.69. The van der Waals surface area contributed by atoms with Gasteiger partial charge in [0.15, 0.2) is 17.3 Å². The van der Waals surface area contributed by atoms with E-state index in [0.29, 0.717) is 11.4 Å². The average Bonchev–Trinajstić information content (AvgIpc) is 3.28. The first-order chi connectivity index (χ1) is 16.4. The van der Waals surface area contributed by atoms with Crippen molar-refractivity contribution in [1.29, 1.82) is 0 Å². The minimum atomic E-state index is -1.56. The Bertz CT molecular complexity index is 1580. The van der Waals surface area contributed by atoms with Gasteiger partial charge in [-0.2, -0.15) is 0 Å². The topological polar surface area (TPSA) is 142 Å². The van der Waals surface area contributed by atoms with E-state index in [9.17, 15) is 24.6 Å². The summed E-state index contributed by atoms with van der Waals surface area (Å²) in [4.78, 5) is 46.7. The number of carbonyl (C=O) groups excluding carboxylic acids is 3. The lowest BCUT2D eigenvalue weighted by atomic mass is 9.70. The summed E-state index contributed by atoms with van der Waals surface area (Å²) in [5, 5.41) is 24.5. The highest BCUT2D eigenvalue weighted by molar-refractivity contribution is 6.31. The lowest BCUT2D eigenvalue weighted by Gasteiger charge is -2.29. The zero-order valence-electron chi connectivity index (χ0n) is 19.8. The molecule has 5 rings (SSSR count). The normalized spacial score (nSPS) is 20.3. The molecule has 1 aliphatic heterocycles. The van der Waals surface area contributed by atoms with Crippen LogP contribution in [0.3, 0.4) is 0 Å². The first kappa shape index (κ1) is 22.4. The summed E-state index contributed by atoms with van der Waals surface area (Å²) in [6.07, 6.45) is 1.19. The third-order valence-electron chi connectivity index (χ3n) is 6.69. The molecule has 0 fully saturated rings. The van der Waals surface area contributed by atoms with Crippen LogP contribution in [0.15, 0.2) is 41.3 Å². The number of allylic oxidation sites excluding steroid dienone is 4. The van der Waals surface area contributed by atoms with Gasteiger partial charge in [0.25, 0.3) is 0 Å². The Hall–Kier alpha value is -4.40. The monoisotopic (exact) mass is 473 g/mol. The van der Waals surface area contributed by atoms with Gasteiger partial charge in [0.1, 0.15) is 39.8 Å². The third-order valence-corrected chi connectivity index (χ3v) is 6.69. The number of fused-ring (bicyclic) bond motifs is 4. The minimum absolute atomic E-state index is 0.00351. The molecule has 0 saturated carbocycles. The number of carbonyl (C=O) groups is 3. The third kappa shape index (κ3) is 3.01. The SMILES string of the molecule is CC(=O)c1c(O)c(C)c(O)c2c1OC1=CC(=O)/C(=C(/C)Nc3ccc4nc(C)[nH]c4c3)C(=O)C12C. The number of anilines is 1. The van der Waals surface area contributed by atoms with E-state index in [1.54, 1.807) is 13.0 Å². The van der Waals surface area contributed by atoms with Crippen molar-refractivity contribution in [1.82, 2.24) is 9.97 Å². The van der Waals surface area contributed by atoms with E-state index in [1.807, 2.05) is 19.1 Å². The fourth-order valence-electron chi connectivity index (χ4n) is 4.86. The highest BCUT2D eigenvalue weighted by atomic mass is 16.5. The number of aromatic hydroxyl groups is 2. The van der Waals surface area contributed by atoms with E-state index >= 15 is 0 Å². The van der Waals surface area contributed by atoms with Crippen molar-refractivity contribution in [3.8, 4) is 17.2 Å².